The summed E-state index contributed by atoms with van der Waals surface area (Å²) in [7, 11) is 3.34. The molecule has 0 radical (unpaired) electrons. The molecule has 8 nitrogen and oxygen atoms in total. The minimum atomic E-state index is -0.423. The van der Waals surface area contributed by atoms with E-state index in [0.717, 1.165) is 44.8 Å². The van der Waals surface area contributed by atoms with Crippen molar-refractivity contribution in [2.45, 2.75) is 95.6 Å². The highest BCUT2D eigenvalue weighted by Crippen LogP contribution is 2.35. The predicted molar refractivity (Wildman–Crippen MR) is 138 cm³/mol. The van der Waals surface area contributed by atoms with Gasteiger partial charge in [-0.25, -0.2) is 9.59 Å². The number of hydrogen-bond donors (Lipinski definition) is 3. The van der Waals surface area contributed by atoms with E-state index >= 15 is 0 Å². The monoisotopic (exact) mass is 494 g/mol. The molecule has 0 bridgehead atoms. The molecule has 35 heavy (non-hydrogen) atoms. The molecule has 0 spiro atoms. The molecule has 3 atom stereocenters. The molecule has 3 rings (SSSR count). The SMILES string of the molecule is CNC[C@H](CC1CCCCC1)NC(=O)N1CCC[C@@H](C(OCCNC(=O)OC)C2CCCCC2)C1. The Morgan fingerprint density at radius 3 is 2.31 bits per heavy atom. The van der Waals surface area contributed by atoms with Crippen molar-refractivity contribution in [3.8, 4) is 0 Å². The van der Waals surface area contributed by atoms with Crippen LogP contribution in [-0.2, 0) is 9.47 Å². The van der Waals surface area contributed by atoms with Gasteiger partial charge in [-0.1, -0.05) is 51.4 Å². The topological polar surface area (TPSA) is 91.9 Å². The fraction of sp³-hybridized carbons (Fsp3) is 0.926. The predicted octanol–water partition coefficient (Wildman–Crippen LogP) is 4.29. The molecule has 0 aromatic rings. The molecule has 0 aromatic heterocycles. The smallest absolute Gasteiger partial charge is 0.406 e. The Labute approximate surface area is 212 Å². The second kappa shape index (κ2) is 15.5. The van der Waals surface area contributed by atoms with E-state index in [1.54, 1.807) is 0 Å². The fourth-order valence-corrected chi connectivity index (χ4v) is 6.53. The third-order valence-corrected chi connectivity index (χ3v) is 8.31. The Hall–Kier alpha value is -1.54. The molecular weight excluding hydrogens is 444 g/mol. The summed E-state index contributed by atoms with van der Waals surface area (Å²) in [5, 5.41) is 9.37. The van der Waals surface area contributed by atoms with Crippen LogP contribution in [0.3, 0.4) is 0 Å². The second-order valence-corrected chi connectivity index (χ2v) is 10.9. The van der Waals surface area contributed by atoms with Gasteiger partial charge in [-0.05, 0) is 51.0 Å². The van der Waals surface area contributed by atoms with E-state index in [4.69, 9.17) is 4.74 Å². The first kappa shape index (κ1) is 28.0. The number of carbonyl (C=O) groups is 2. The molecule has 2 aliphatic carbocycles. The lowest BCUT2D eigenvalue weighted by molar-refractivity contribution is -0.0505. The van der Waals surface area contributed by atoms with Crippen molar-refractivity contribution in [1.29, 1.82) is 0 Å². The van der Waals surface area contributed by atoms with Crippen molar-refractivity contribution in [1.82, 2.24) is 20.9 Å². The zero-order valence-electron chi connectivity index (χ0n) is 22.2. The van der Waals surface area contributed by atoms with E-state index in [2.05, 4.69) is 20.7 Å². The zero-order valence-corrected chi connectivity index (χ0v) is 22.2. The van der Waals surface area contributed by atoms with Gasteiger partial charge in [0.25, 0.3) is 0 Å². The Morgan fingerprint density at radius 1 is 0.943 bits per heavy atom. The number of carbonyl (C=O) groups excluding carboxylic acids is 2. The summed E-state index contributed by atoms with van der Waals surface area (Å²) in [4.78, 5) is 26.7. The average molecular weight is 495 g/mol. The van der Waals surface area contributed by atoms with Gasteiger partial charge in [-0.2, -0.15) is 0 Å². The standard InChI is InChI=1S/C27H50N4O4/c1-28-19-24(18-21-10-5-3-6-11-21)30-26(32)31-16-9-14-23(20-31)25(22-12-7-4-8-13-22)35-17-15-29-27(33)34-2/h21-25,28H,3-20H2,1-2H3,(H,29,33)(H,30,32)/t23-,24+,25?/m1/s1. The first-order valence-electron chi connectivity index (χ1n) is 14.2. The number of methoxy groups -OCH3 is 1. The summed E-state index contributed by atoms with van der Waals surface area (Å²) in [6.07, 6.45) is 15.7. The second-order valence-electron chi connectivity index (χ2n) is 10.9. The molecule has 1 aliphatic heterocycles. The molecule has 0 aromatic carbocycles. The molecule has 2 saturated carbocycles. The lowest BCUT2D eigenvalue weighted by atomic mass is 9.78. The quantitative estimate of drug-likeness (QED) is 0.373. The van der Waals surface area contributed by atoms with Crippen LogP contribution in [0.2, 0.25) is 0 Å². The molecular formula is C27H50N4O4. The van der Waals surface area contributed by atoms with Gasteiger partial charge in [0.05, 0.1) is 19.8 Å². The molecule has 3 fully saturated rings. The summed E-state index contributed by atoms with van der Waals surface area (Å²) in [5.41, 5.74) is 0. The first-order chi connectivity index (χ1) is 17.1. The third kappa shape index (κ3) is 9.45. The third-order valence-electron chi connectivity index (χ3n) is 8.31. The van der Waals surface area contributed by atoms with Gasteiger partial charge in [-0.15, -0.1) is 0 Å². The van der Waals surface area contributed by atoms with Crippen LogP contribution >= 0.6 is 0 Å². The maximum absolute atomic E-state index is 13.3. The number of piperidine rings is 1. The van der Waals surface area contributed by atoms with Crippen molar-refractivity contribution in [3.05, 3.63) is 0 Å². The largest absolute Gasteiger partial charge is 0.453 e. The van der Waals surface area contributed by atoms with Gasteiger partial charge >= 0.3 is 12.1 Å². The van der Waals surface area contributed by atoms with Gasteiger partial charge in [0.2, 0.25) is 0 Å². The van der Waals surface area contributed by atoms with Crippen molar-refractivity contribution in [2.75, 3.05) is 46.9 Å². The minimum Gasteiger partial charge on any atom is -0.453 e. The van der Waals surface area contributed by atoms with Crippen LogP contribution < -0.4 is 16.0 Å². The van der Waals surface area contributed by atoms with Gasteiger partial charge in [0.1, 0.15) is 0 Å². The van der Waals surface area contributed by atoms with Crippen molar-refractivity contribution < 1.29 is 19.1 Å². The van der Waals surface area contributed by atoms with E-state index in [1.807, 2.05) is 11.9 Å². The Kier molecular flexibility index (Phi) is 12.5. The average Bonchev–Trinajstić information content (AvgIpc) is 2.89. The first-order valence-corrected chi connectivity index (χ1v) is 14.2. The normalized spacial score (nSPS) is 23.9. The Morgan fingerprint density at radius 2 is 1.63 bits per heavy atom. The highest BCUT2D eigenvalue weighted by molar-refractivity contribution is 5.74. The van der Waals surface area contributed by atoms with Crippen LogP contribution in [0, 0.1) is 17.8 Å². The number of rotatable bonds is 11. The summed E-state index contributed by atoms with van der Waals surface area (Å²) < 4.78 is 11.1. The summed E-state index contributed by atoms with van der Waals surface area (Å²) in [6, 6.07) is 0.270. The number of amides is 3. The maximum Gasteiger partial charge on any atom is 0.406 e. The zero-order chi connectivity index (χ0) is 24.9. The minimum absolute atomic E-state index is 0.0838. The van der Waals surface area contributed by atoms with Crippen molar-refractivity contribution in [3.63, 3.8) is 0 Å². The van der Waals surface area contributed by atoms with E-state index in [-0.39, 0.29) is 18.2 Å². The number of nitrogens with zero attached hydrogens (tertiary/aromatic N) is 1. The van der Waals surface area contributed by atoms with Crippen LogP contribution in [0.5, 0.6) is 0 Å². The maximum atomic E-state index is 13.3. The molecule has 8 heteroatoms. The number of likely N-dealkylation sites (N-methyl/N-ethyl adjacent to an activating group) is 1. The number of alkyl carbamates (subject to hydrolysis) is 1. The number of likely N-dealkylation sites (tertiary alicyclic amines) is 1. The van der Waals surface area contributed by atoms with Crippen LogP contribution in [-0.4, -0.2) is 76.1 Å². The van der Waals surface area contributed by atoms with Crippen LogP contribution in [0.15, 0.2) is 0 Å². The number of ether oxygens (including phenoxy) is 2. The highest BCUT2D eigenvalue weighted by atomic mass is 16.5. The number of hydrogen-bond acceptors (Lipinski definition) is 5. The van der Waals surface area contributed by atoms with E-state index in [9.17, 15) is 9.59 Å². The van der Waals surface area contributed by atoms with Crippen LogP contribution in [0.25, 0.3) is 0 Å². The molecule has 202 valence electrons. The Bertz CT molecular complexity index is 622. The van der Waals surface area contributed by atoms with E-state index < -0.39 is 6.09 Å². The van der Waals surface area contributed by atoms with Crippen LogP contribution in [0.1, 0.15) is 83.5 Å². The van der Waals surface area contributed by atoms with E-state index in [0.29, 0.717) is 25.0 Å². The molecule has 3 aliphatic rings. The molecule has 1 unspecified atom stereocenters. The molecule has 3 amide bonds. The van der Waals surface area contributed by atoms with Gasteiger partial charge in [0, 0.05) is 38.1 Å². The lowest BCUT2D eigenvalue weighted by Gasteiger charge is -2.41. The van der Waals surface area contributed by atoms with Gasteiger partial charge in [-0.3, -0.25) is 0 Å². The van der Waals surface area contributed by atoms with Gasteiger partial charge in [0.15, 0.2) is 0 Å². The molecule has 1 saturated heterocycles. The van der Waals surface area contributed by atoms with Crippen molar-refractivity contribution >= 4 is 12.1 Å². The van der Waals surface area contributed by atoms with Gasteiger partial charge < -0.3 is 30.3 Å². The fourth-order valence-electron chi connectivity index (χ4n) is 6.53. The summed E-state index contributed by atoms with van der Waals surface area (Å²) in [5.74, 6) is 1.62. The van der Waals surface area contributed by atoms with Crippen LogP contribution in [0.4, 0.5) is 9.59 Å². The summed E-state index contributed by atoms with van der Waals surface area (Å²) in [6.45, 7) is 3.32. The summed E-state index contributed by atoms with van der Waals surface area (Å²) >= 11 is 0. The highest BCUT2D eigenvalue weighted by Gasteiger charge is 2.36. The molecule has 3 N–H and O–H groups in total. The van der Waals surface area contributed by atoms with E-state index in [1.165, 1.54) is 71.3 Å². The number of nitrogens with one attached hydrogen (secondary N) is 3. The Balaban J connectivity index is 1.55. The lowest BCUT2D eigenvalue weighted by Crippen LogP contribution is -2.53. The van der Waals surface area contributed by atoms with Crippen molar-refractivity contribution in [2.24, 2.45) is 17.8 Å². The number of urea groups is 1. The molecule has 1 heterocycles.